The molecule has 2 aromatic carbocycles. The minimum atomic E-state index is -0.778. The molecule has 3 N–H and O–H groups in total. The molecular weight excluding hydrogens is 334 g/mol. The number of nitrogens with two attached hydrogens (primary N) is 1. The molecule has 0 saturated carbocycles. The number of ether oxygens (including phenoxy) is 2. The molecular formula is C19H21N3O4. The molecule has 0 unspecified atom stereocenters. The monoisotopic (exact) mass is 355 g/mol. The number of nitrogens with zero attached hydrogens (tertiary/aromatic N) is 1. The summed E-state index contributed by atoms with van der Waals surface area (Å²) in [6.45, 7) is 0.761. The van der Waals surface area contributed by atoms with E-state index in [9.17, 15) is 9.59 Å². The van der Waals surface area contributed by atoms with Crippen molar-refractivity contribution in [3.8, 4) is 11.5 Å². The van der Waals surface area contributed by atoms with Crippen molar-refractivity contribution in [2.75, 3.05) is 25.1 Å². The molecule has 7 heteroatoms. The van der Waals surface area contributed by atoms with Crippen LogP contribution in [0.1, 0.15) is 5.56 Å². The van der Waals surface area contributed by atoms with Crippen LogP contribution in [0.2, 0.25) is 0 Å². The highest BCUT2D eigenvalue weighted by molar-refractivity contribution is 5.85. The van der Waals surface area contributed by atoms with Crippen LogP contribution in [-0.2, 0) is 16.1 Å². The average Bonchev–Trinajstić information content (AvgIpc) is 2.66. The predicted molar refractivity (Wildman–Crippen MR) is 97.1 cm³/mol. The Balaban J connectivity index is 1.63. The maximum Gasteiger partial charge on any atom is 0.260 e. The largest absolute Gasteiger partial charge is 0.497 e. The SMILES string of the molecule is COc1ccc(CNC(=O)CN2C[C@H](C(N)=O)Oc3ccccc32)cc1. The van der Waals surface area contributed by atoms with E-state index in [1.807, 2.05) is 42.5 Å². The first-order chi connectivity index (χ1) is 12.6. The van der Waals surface area contributed by atoms with Gasteiger partial charge in [0.05, 0.1) is 25.9 Å². The van der Waals surface area contributed by atoms with Crippen molar-refractivity contribution in [1.82, 2.24) is 5.32 Å². The van der Waals surface area contributed by atoms with Gasteiger partial charge in [-0.25, -0.2) is 0 Å². The molecule has 3 rings (SSSR count). The molecule has 0 fully saturated rings. The number of anilines is 1. The summed E-state index contributed by atoms with van der Waals surface area (Å²) in [7, 11) is 1.61. The van der Waals surface area contributed by atoms with Crippen molar-refractivity contribution in [2.24, 2.45) is 5.73 Å². The summed E-state index contributed by atoms with van der Waals surface area (Å²) in [4.78, 5) is 25.7. The van der Waals surface area contributed by atoms with Crippen LogP contribution < -0.4 is 25.4 Å². The van der Waals surface area contributed by atoms with Crippen molar-refractivity contribution in [3.05, 3.63) is 54.1 Å². The topological polar surface area (TPSA) is 93.9 Å². The van der Waals surface area contributed by atoms with Crippen LogP contribution in [0.4, 0.5) is 5.69 Å². The zero-order valence-electron chi connectivity index (χ0n) is 14.5. The van der Waals surface area contributed by atoms with Crippen LogP contribution in [0.15, 0.2) is 48.5 Å². The maximum absolute atomic E-state index is 12.4. The number of hydrogen-bond donors (Lipinski definition) is 2. The van der Waals surface area contributed by atoms with Gasteiger partial charge in [-0.05, 0) is 29.8 Å². The summed E-state index contributed by atoms with van der Waals surface area (Å²) in [5.41, 5.74) is 7.11. The summed E-state index contributed by atoms with van der Waals surface area (Å²) in [6.07, 6.45) is -0.778. The van der Waals surface area contributed by atoms with Crippen LogP contribution in [0.3, 0.4) is 0 Å². The van der Waals surface area contributed by atoms with E-state index in [-0.39, 0.29) is 19.0 Å². The fraction of sp³-hybridized carbons (Fsp3) is 0.263. The fourth-order valence-electron chi connectivity index (χ4n) is 2.78. The van der Waals surface area contributed by atoms with Crippen molar-refractivity contribution < 1.29 is 19.1 Å². The number of fused-ring (bicyclic) bond motifs is 1. The van der Waals surface area contributed by atoms with Crippen molar-refractivity contribution >= 4 is 17.5 Å². The molecule has 136 valence electrons. The van der Waals surface area contributed by atoms with Gasteiger partial charge in [0.1, 0.15) is 11.5 Å². The van der Waals surface area contributed by atoms with Crippen molar-refractivity contribution in [2.45, 2.75) is 12.6 Å². The number of amides is 2. The Morgan fingerprint density at radius 1 is 1.23 bits per heavy atom. The van der Waals surface area contributed by atoms with Gasteiger partial charge in [-0.15, -0.1) is 0 Å². The lowest BCUT2D eigenvalue weighted by molar-refractivity contribution is -0.125. The molecule has 26 heavy (non-hydrogen) atoms. The maximum atomic E-state index is 12.4. The molecule has 2 amide bonds. The molecule has 1 heterocycles. The van der Waals surface area contributed by atoms with Crippen molar-refractivity contribution in [1.29, 1.82) is 0 Å². The molecule has 2 aromatic rings. The number of carbonyl (C=O) groups is 2. The zero-order chi connectivity index (χ0) is 18.5. The van der Waals surface area contributed by atoms with Gasteiger partial charge in [-0.1, -0.05) is 24.3 Å². The van der Waals surface area contributed by atoms with Gasteiger partial charge < -0.3 is 25.4 Å². The second-order valence-corrected chi connectivity index (χ2v) is 5.98. The summed E-state index contributed by atoms with van der Waals surface area (Å²) in [5, 5.41) is 2.88. The van der Waals surface area contributed by atoms with E-state index in [2.05, 4.69) is 5.32 Å². The molecule has 1 aliphatic rings. The average molecular weight is 355 g/mol. The van der Waals surface area contributed by atoms with Crippen LogP contribution in [0.5, 0.6) is 11.5 Å². The van der Waals surface area contributed by atoms with Gasteiger partial charge in [0.2, 0.25) is 5.91 Å². The van der Waals surface area contributed by atoms with Gasteiger partial charge >= 0.3 is 0 Å². The summed E-state index contributed by atoms with van der Waals surface area (Å²) in [6, 6.07) is 14.8. The molecule has 0 aliphatic carbocycles. The first kappa shape index (κ1) is 17.6. The standard InChI is InChI=1S/C19H21N3O4/c1-25-14-8-6-13(7-9-14)10-21-18(23)12-22-11-17(19(20)24)26-16-5-3-2-4-15(16)22/h2-9,17H,10-12H2,1H3,(H2,20,24)(H,21,23)/t17-/m1/s1. The molecule has 0 bridgehead atoms. The summed E-state index contributed by atoms with van der Waals surface area (Å²) < 4.78 is 10.7. The highest BCUT2D eigenvalue weighted by Crippen LogP contribution is 2.32. The van der Waals surface area contributed by atoms with Gasteiger partial charge in [0, 0.05) is 6.54 Å². The van der Waals surface area contributed by atoms with Crippen molar-refractivity contribution in [3.63, 3.8) is 0 Å². The Labute approximate surface area is 151 Å². The van der Waals surface area contributed by atoms with Gasteiger partial charge in [-0.2, -0.15) is 0 Å². The molecule has 0 spiro atoms. The summed E-state index contributed by atoms with van der Waals surface area (Å²) >= 11 is 0. The molecule has 1 aliphatic heterocycles. The zero-order valence-corrected chi connectivity index (χ0v) is 14.5. The quantitative estimate of drug-likeness (QED) is 0.808. The minimum Gasteiger partial charge on any atom is -0.497 e. The third-order valence-corrected chi connectivity index (χ3v) is 4.16. The van der Waals surface area contributed by atoms with Crippen LogP contribution in [-0.4, -0.2) is 38.1 Å². The van der Waals surface area contributed by atoms with Crippen LogP contribution in [0, 0.1) is 0 Å². The number of rotatable bonds is 6. The first-order valence-corrected chi connectivity index (χ1v) is 8.26. The van der Waals surface area contributed by atoms with E-state index in [1.54, 1.807) is 18.1 Å². The van der Waals surface area contributed by atoms with E-state index in [0.29, 0.717) is 12.3 Å². The van der Waals surface area contributed by atoms with Gasteiger partial charge in [0.25, 0.3) is 5.91 Å². The molecule has 0 saturated heterocycles. The number of primary amides is 1. The summed E-state index contributed by atoms with van der Waals surface area (Å²) in [5.74, 6) is 0.608. The van der Waals surface area contributed by atoms with E-state index in [0.717, 1.165) is 17.0 Å². The lowest BCUT2D eigenvalue weighted by Crippen LogP contribution is -2.49. The highest BCUT2D eigenvalue weighted by atomic mass is 16.5. The van der Waals surface area contributed by atoms with Gasteiger partial charge in [0.15, 0.2) is 6.10 Å². The van der Waals surface area contributed by atoms with E-state index < -0.39 is 12.0 Å². The van der Waals surface area contributed by atoms with Crippen LogP contribution >= 0.6 is 0 Å². The Morgan fingerprint density at radius 3 is 2.65 bits per heavy atom. The number of carbonyl (C=O) groups excluding carboxylic acids is 2. The molecule has 0 radical (unpaired) electrons. The Kier molecular flexibility index (Phi) is 5.26. The number of nitrogens with one attached hydrogen (secondary N) is 1. The lowest BCUT2D eigenvalue weighted by atomic mass is 10.1. The first-order valence-electron chi connectivity index (χ1n) is 8.26. The number of para-hydroxylation sites is 2. The second kappa shape index (κ2) is 7.77. The normalized spacial score (nSPS) is 15.6. The Hall–Kier alpha value is -3.22. The smallest absolute Gasteiger partial charge is 0.260 e. The second-order valence-electron chi connectivity index (χ2n) is 5.98. The predicted octanol–water partition coefficient (Wildman–Crippen LogP) is 1.06. The van der Waals surface area contributed by atoms with Crippen LogP contribution in [0.25, 0.3) is 0 Å². The minimum absolute atomic E-state index is 0.111. The van der Waals surface area contributed by atoms with E-state index in [1.165, 1.54) is 0 Å². The van der Waals surface area contributed by atoms with Gasteiger partial charge in [-0.3, -0.25) is 9.59 Å². The number of methoxy groups -OCH3 is 1. The Bertz CT molecular complexity index is 792. The molecule has 0 aromatic heterocycles. The lowest BCUT2D eigenvalue weighted by Gasteiger charge is -2.34. The number of hydrogen-bond acceptors (Lipinski definition) is 5. The third kappa shape index (κ3) is 4.05. The fourth-order valence-corrected chi connectivity index (χ4v) is 2.78. The van der Waals surface area contributed by atoms with E-state index in [4.69, 9.17) is 15.2 Å². The molecule has 7 nitrogen and oxygen atoms in total. The third-order valence-electron chi connectivity index (χ3n) is 4.16. The number of benzene rings is 2. The van der Waals surface area contributed by atoms with E-state index >= 15 is 0 Å². The highest BCUT2D eigenvalue weighted by Gasteiger charge is 2.30. The Morgan fingerprint density at radius 2 is 1.96 bits per heavy atom. The molecule has 1 atom stereocenters.